The molecule has 2 rings (SSSR count). The zero-order chi connectivity index (χ0) is 14.5. The topological polar surface area (TPSA) is 105 Å². The second-order valence-corrected chi connectivity index (χ2v) is 3.88. The fourth-order valence-corrected chi connectivity index (χ4v) is 1.37. The van der Waals surface area contributed by atoms with Crippen molar-refractivity contribution in [2.24, 2.45) is 0 Å². The van der Waals surface area contributed by atoms with Gasteiger partial charge in [0.05, 0.1) is 13.7 Å². The molecule has 0 bridgehead atoms. The summed E-state index contributed by atoms with van der Waals surface area (Å²) >= 11 is 5.78. The van der Waals surface area contributed by atoms with Crippen molar-refractivity contribution >= 4 is 17.6 Å². The maximum atomic E-state index is 11.3. The fourth-order valence-electron chi connectivity index (χ4n) is 1.23. The first-order valence-electron chi connectivity index (χ1n) is 5.68. The molecule has 106 valence electrons. The third-order valence-electron chi connectivity index (χ3n) is 2.08. The quantitative estimate of drug-likeness (QED) is 0.742. The van der Waals surface area contributed by atoms with E-state index in [0.717, 1.165) is 6.42 Å². The number of halogens is 1. The Balaban J connectivity index is 2.29. The largest absolute Gasteiger partial charge is 0.463 e. The first-order chi connectivity index (χ1) is 9.63. The normalized spacial score (nSPS) is 10.3. The van der Waals surface area contributed by atoms with Crippen LogP contribution in [0.4, 0.5) is 0 Å². The molecule has 0 unspecified atom stereocenters. The molecule has 0 N–H and O–H groups in total. The summed E-state index contributed by atoms with van der Waals surface area (Å²) in [6.07, 6.45) is 2.07. The summed E-state index contributed by atoms with van der Waals surface area (Å²) in [4.78, 5) is 26.8. The Morgan fingerprint density at radius 1 is 1.40 bits per heavy atom. The van der Waals surface area contributed by atoms with Gasteiger partial charge >= 0.3 is 12.0 Å². The molecular formula is C10H11ClN6O3. The van der Waals surface area contributed by atoms with Crippen molar-refractivity contribution in [2.75, 3.05) is 13.7 Å². The summed E-state index contributed by atoms with van der Waals surface area (Å²) in [5.41, 5.74) is 0. The lowest BCUT2D eigenvalue weighted by atomic mass is 10.5. The van der Waals surface area contributed by atoms with Crippen LogP contribution in [0.15, 0.2) is 6.33 Å². The van der Waals surface area contributed by atoms with Gasteiger partial charge in [-0.1, -0.05) is 6.92 Å². The van der Waals surface area contributed by atoms with Crippen molar-refractivity contribution in [2.45, 2.75) is 13.3 Å². The molecule has 0 aliphatic rings. The Kier molecular flexibility index (Phi) is 4.41. The van der Waals surface area contributed by atoms with Gasteiger partial charge < -0.3 is 9.47 Å². The van der Waals surface area contributed by atoms with E-state index in [-0.39, 0.29) is 23.1 Å². The minimum atomic E-state index is -0.661. The number of methoxy groups -OCH3 is 1. The molecule has 0 spiro atoms. The van der Waals surface area contributed by atoms with Crippen LogP contribution in [0.5, 0.6) is 6.01 Å². The predicted molar refractivity (Wildman–Crippen MR) is 66.9 cm³/mol. The van der Waals surface area contributed by atoms with E-state index in [9.17, 15) is 4.79 Å². The highest BCUT2D eigenvalue weighted by atomic mass is 35.5. The van der Waals surface area contributed by atoms with Crippen molar-refractivity contribution in [1.29, 1.82) is 0 Å². The first kappa shape index (κ1) is 14.1. The average molecular weight is 299 g/mol. The zero-order valence-corrected chi connectivity index (χ0v) is 11.5. The second-order valence-electron chi connectivity index (χ2n) is 3.54. The lowest BCUT2D eigenvalue weighted by molar-refractivity contribution is 0.0587. The zero-order valence-electron chi connectivity index (χ0n) is 10.8. The van der Waals surface area contributed by atoms with E-state index in [2.05, 4.69) is 29.8 Å². The number of rotatable bonds is 5. The predicted octanol–water partition coefficient (Wildman–Crippen LogP) is 0.681. The van der Waals surface area contributed by atoms with E-state index in [1.807, 2.05) is 6.92 Å². The minimum absolute atomic E-state index is 0.0452. The number of carbonyl (C=O) groups is 1. The second kappa shape index (κ2) is 6.24. The molecule has 20 heavy (non-hydrogen) atoms. The number of esters is 1. The van der Waals surface area contributed by atoms with Crippen molar-refractivity contribution < 1.29 is 14.3 Å². The Labute approximate surface area is 118 Å². The number of ether oxygens (including phenoxy) is 2. The van der Waals surface area contributed by atoms with Crippen LogP contribution in [0.25, 0.3) is 5.95 Å². The molecule has 0 saturated carbocycles. The molecular weight excluding hydrogens is 288 g/mol. The highest BCUT2D eigenvalue weighted by Crippen LogP contribution is 2.11. The molecule has 10 heteroatoms. The van der Waals surface area contributed by atoms with Gasteiger partial charge in [0.1, 0.15) is 6.33 Å². The van der Waals surface area contributed by atoms with E-state index >= 15 is 0 Å². The molecule has 0 aliphatic carbocycles. The van der Waals surface area contributed by atoms with Crippen molar-refractivity contribution in [1.82, 2.24) is 29.7 Å². The Morgan fingerprint density at radius 3 is 2.90 bits per heavy atom. The van der Waals surface area contributed by atoms with Crippen LogP contribution in [0.3, 0.4) is 0 Å². The van der Waals surface area contributed by atoms with E-state index < -0.39 is 5.97 Å². The number of carbonyl (C=O) groups excluding carboxylic acids is 1. The van der Waals surface area contributed by atoms with E-state index in [1.165, 1.54) is 18.1 Å². The summed E-state index contributed by atoms with van der Waals surface area (Å²) in [6, 6.07) is 0.0805. The molecule has 0 radical (unpaired) electrons. The van der Waals surface area contributed by atoms with Gasteiger partial charge in [0, 0.05) is 0 Å². The van der Waals surface area contributed by atoms with Crippen LogP contribution in [0.1, 0.15) is 24.0 Å². The van der Waals surface area contributed by atoms with E-state index in [0.29, 0.717) is 6.61 Å². The van der Waals surface area contributed by atoms with Crippen LogP contribution < -0.4 is 4.74 Å². The van der Waals surface area contributed by atoms with Crippen LogP contribution >= 0.6 is 11.6 Å². The third-order valence-corrected chi connectivity index (χ3v) is 2.24. The van der Waals surface area contributed by atoms with Gasteiger partial charge in [-0.25, -0.2) is 9.78 Å². The molecule has 0 saturated heterocycles. The summed E-state index contributed by atoms with van der Waals surface area (Å²) in [5, 5.41) is 3.83. The van der Waals surface area contributed by atoms with Gasteiger partial charge in [0.25, 0.3) is 11.8 Å². The Hall–Kier alpha value is -2.29. The molecule has 2 heterocycles. The molecule has 0 amide bonds. The standard InChI is InChI=1S/C10H11ClN6O3/c1-3-4-20-10-14-8(11)13-9(15-10)17-5-12-6(16-17)7(18)19-2/h5H,3-4H2,1-2H3. The van der Waals surface area contributed by atoms with Crippen molar-refractivity contribution in [3.8, 4) is 12.0 Å². The lowest BCUT2D eigenvalue weighted by Crippen LogP contribution is -2.09. The van der Waals surface area contributed by atoms with Crippen LogP contribution in [0.2, 0.25) is 5.28 Å². The summed E-state index contributed by atoms with van der Waals surface area (Å²) in [7, 11) is 1.24. The number of hydrogen-bond donors (Lipinski definition) is 0. The van der Waals surface area contributed by atoms with Gasteiger partial charge in [0.2, 0.25) is 5.28 Å². The maximum absolute atomic E-state index is 11.3. The SMILES string of the molecule is CCCOc1nc(Cl)nc(-n2cnc(C(=O)OC)n2)n1. The summed E-state index contributed by atoms with van der Waals surface area (Å²) < 4.78 is 11.0. The first-order valence-corrected chi connectivity index (χ1v) is 6.06. The smallest absolute Gasteiger partial charge is 0.377 e. The highest BCUT2D eigenvalue weighted by molar-refractivity contribution is 6.28. The molecule has 2 aromatic heterocycles. The molecule has 0 atom stereocenters. The minimum Gasteiger partial charge on any atom is -0.463 e. The number of hydrogen-bond acceptors (Lipinski definition) is 8. The molecule has 2 aromatic rings. The van der Waals surface area contributed by atoms with Gasteiger partial charge in [-0.2, -0.15) is 19.6 Å². The molecule has 9 nitrogen and oxygen atoms in total. The highest BCUT2D eigenvalue weighted by Gasteiger charge is 2.14. The fraction of sp³-hybridized carbons (Fsp3) is 0.400. The molecule has 0 aromatic carbocycles. The average Bonchev–Trinajstić information content (AvgIpc) is 2.93. The van der Waals surface area contributed by atoms with Crippen LogP contribution in [0, 0.1) is 0 Å². The van der Waals surface area contributed by atoms with E-state index in [1.54, 1.807) is 0 Å². The monoisotopic (exact) mass is 298 g/mol. The number of nitrogens with zero attached hydrogens (tertiary/aromatic N) is 6. The Morgan fingerprint density at radius 2 is 2.20 bits per heavy atom. The van der Waals surface area contributed by atoms with E-state index in [4.69, 9.17) is 16.3 Å². The lowest BCUT2D eigenvalue weighted by Gasteiger charge is -2.04. The van der Waals surface area contributed by atoms with Crippen LogP contribution in [-0.2, 0) is 4.74 Å². The number of aromatic nitrogens is 6. The molecule has 0 fully saturated rings. The van der Waals surface area contributed by atoms with Gasteiger partial charge in [-0.3, -0.25) is 0 Å². The summed E-state index contributed by atoms with van der Waals surface area (Å²) in [6.45, 7) is 2.40. The Bertz CT molecular complexity index is 617. The maximum Gasteiger partial charge on any atom is 0.377 e. The van der Waals surface area contributed by atoms with Gasteiger partial charge in [0.15, 0.2) is 0 Å². The van der Waals surface area contributed by atoms with Gasteiger partial charge in [-0.15, -0.1) is 5.10 Å². The molecule has 0 aliphatic heterocycles. The third kappa shape index (κ3) is 3.18. The van der Waals surface area contributed by atoms with Crippen LogP contribution in [-0.4, -0.2) is 49.4 Å². The van der Waals surface area contributed by atoms with Gasteiger partial charge in [-0.05, 0) is 18.0 Å². The van der Waals surface area contributed by atoms with Crippen molar-refractivity contribution in [3.05, 3.63) is 17.4 Å². The summed E-state index contributed by atoms with van der Waals surface area (Å²) in [5.74, 6) is -0.676. The van der Waals surface area contributed by atoms with Crippen molar-refractivity contribution in [3.63, 3.8) is 0 Å².